The zero-order valence-corrected chi connectivity index (χ0v) is 18.0. The second-order valence-corrected chi connectivity index (χ2v) is 7.94. The van der Waals surface area contributed by atoms with Crippen LogP contribution in [0.3, 0.4) is 0 Å². The van der Waals surface area contributed by atoms with Crippen molar-refractivity contribution in [3.63, 3.8) is 0 Å². The predicted molar refractivity (Wildman–Crippen MR) is 127 cm³/mol. The predicted octanol–water partition coefficient (Wildman–Crippen LogP) is 5.10. The summed E-state index contributed by atoms with van der Waals surface area (Å²) in [6.45, 7) is 0. The van der Waals surface area contributed by atoms with Crippen molar-refractivity contribution in [3.05, 3.63) is 119 Å². The van der Waals surface area contributed by atoms with Gasteiger partial charge in [-0.3, -0.25) is 15.1 Å². The molecular weight excluding hydrogens is 441 g/mol. The first-order chi connectivity index (χ1) is 16.0. The van der Waals surface area contributed by atoms with Crippen LogP contribution < -0.4 is 10.2 Å². The molecule has 1 N–H and O–H groups in total. The maximum absolute atomic E-state index is 13.6. The number of pyridine rings is 1. The molecule has 3 heterocycles. The summed E-state index contributed by atoms with van der Waals surface area (Å²) >= 11 is 5.69. The molecule has 0 aliphatic carbocycles. The Bertz CT molecular complexity index is 1330. The molecular formula is C24H18FN5O2S. The van der Waals surface area contributed by atoms with E-state index in [1.807, 2.05) is 52.1 Å². The molecule has 5 rings (SSSR count). The number of anilines is 1. The molecule has 0 unspecified atom stereocenters. The largest absolute Gasteiger partial charge is 0.351 e. The van der Waals surface area contributed by atoms with Crippen LogP contribution in [0.5, 0.6) is 0 Å². The number of nitrogens with one attached hydrogen (secondary N) is 1. The Kier molecular flexibility index (Phi) is 5.31. The van der Waals surface area contributed by atoms with Gasteiger partial charge in [0.05, 0.1) is 22.3 Å². The molecule has 1 fully saturated rings. The molecule has 164 valence electrons. The van der Waals surface area contributed by atoms with Gasteiger partial charge >= 0.3 is 0 Å². The van der Waals surface area contributed by atoms with E-state index in [9.17, 15) is 14.5 Å². The summed E-state index contributed by atoms with van der Waals surface area (Å²) in [4.78, 5) is 17.4. The Morgan fingerprint density at radius 3 is 2.55 bits per heavy atom. The molecule has 1 aliphatic rings. The normalized spacial score (nSPS) is 17.7. The van der Waals surface area contributed by atoms with Gasteiger partial charge in [-0.25, -0.2) is 4.39 Å². The fourth-order valence-corrected chi connectivity index (χ4v) is 4.51. The minimum atomic E-state index is -0.416. The summed E-state index contributed by atoms with van der Waals surface area (Å²) in [7, 11) is 0. The average molecular weight is 460 g/mol. The standard InChI is InChI=1S/C24H18FN5O2S/c25-16-9-11-17(12-10-16)29-23(22(27-24(29)33)20-7-1-2-13-26-20)21-8-4-14-28(21)18-5-3-6-19(15-18)30(31)32/h1-15,22-23H,(H,27,33)/t22-,23-/m1/s1. The smallest absolute Gasteiger partial charge is 0.271 e. The van der Waals surface area contributed by atoms with Gasteiger partial charge < -0.3 is 14.8 Å². The molecule has 2 aromatic heterocycles. The van der Waals surface area contributed by atoms with Gasteiger partial charge in [0.25, 0.3) is 5.69 Å². The number of nitro groups is 1. The molecule has 1 saturated heterocycles. The minimum absolute atomic E-state index is 0.00360. The lowest BCUT2D eigenvalue weighted by atomic mass is 10.0. The van der Waals surface area contributed by atoms with E-state index >= 15 is 0 Å². The lowest BCUT2D eigenvalue weighted by Gasteiger charge is -2.29. The Labute approximate surface area is 194 Å². The molecule has 0 bridgehead atoms. The van der Waals surface area contributed by atoms with Crippen LogP contribution in [-0.2, 0) is 0 Å². The molecule has 1 aliphatic heterocycles. The number of rotatable bonds is 5. The van der Waals surface area contributed by atoms with E-state index in [0.717, 1.165) is 17.1 Å². The highest BCUT2D eigenvalue weighted by atomic mass is 32.1. The number of benzene rings is 2. The van der Waals surface area contributed by atoms with Gasteiger partial charge in [0, 0.05) is 35.9 Å². The third kappa shape index (κ3) is 3.83. The van der Waals surface area contributed by atoms with Crippen molar-refractivity contribution < 1.29 is 9.31 Å². The number of thiocarbonyl (C=S) groups is 1. The van der Waals surface area contributed by atoms with Crippen LogP contribution >= 0.6 is 12.2 Å². The Morgan fingerprint density at radius 2 is 1.82 bits per heavy atom. The molecule has 0 amide bonds. The highest BCUT2D eigenvalue weighted by Gasteiger charge is 2.42. The summed E-state index contributed by atoms with van der Waals surface area (Å²) in [6.07, 6.45) is 3.57. The first-order valence-electron chi connectivity index (χ1n) is 10.2. The van der Waals surface area contributed by atoms with E-state index in [1.54, 1.807) is 24.4 Å². The molecule has 4 aromatic rings. The number of non-ortho nitro benzene ring substituents is 1. The van der Waals surface area contributed by atoms with Crippen molar-refractivity contribution in [3.8, 4) is 5.69 Å². The van der Waals surface area contributed by atoms with E-state index in [2.05, 4.69) is 10.3 Å². The highest BCUT2D eigenvalue weighted by Crippen LogP contribution is 2.42. The van der Waals surface area contributed by atoms with Crippen molar-refractivity contribution in [2.45, 2.75) is 12.1 Å². The van der Waals surface area contributed by atoms with Gasteiger partial charge in [-0.1, -0.05) is 12.1 Å². The van der Waals surface area contributed by atoms with E-state index < -0.39 is 4.92 Å². The zero-order valence-electron chi connectivity index (χ0n) is 17.2. The Hall–Kier alpha value is -4.11. The van der Waals surface area contributed by atoms with Crippen molar-refractivity contribution >= 4 is 28.7 Å². The summed E-state index contributed by atoms with van der Waals surface area (Å²) in [5, 5.41) is 15.2. The van der Waals surface area contributed by atoms with E-state index in [0.29, 0.717) is 10.8 Å². The first kappa shape index (κ1) is 20.8. The van der Waals surface area contributed by atoms with E-state index in [1.165, 1.54) is 24.3 Å². The Balaban J connectivity index is 1.66. The van der Waals surface area contributed by atoms with Crippen LogP contribution in [0.25, 0.3) is 5.69 Å². The summed E-state index contributed by atoms with van der Waals surface area (Å²) in [6, 6.07) is 21.5. The van der Waals surface area contributed by atoms with E-state index in [-0.39, 0.29) is 23.6 Å². The number of nitro benzene ring substituents is 1. The summed E-state index contributed by atoms with van der Waals surface area (Å²) in [5.41, 5.74) is 3.03. The third-order valence-corrected chi connectivity index (χ3v) is 5.92. The summed E-state index contributed by atoms with van der Waals surface area (Å²) < 4.78 is 15.5. The Morgan fingerprint density at radius 1 is 1.00 bits per heavy atom. The van der Waals surface area contributed by atoms with E-state index in [4.69, 9.17) is 12.2 Å². The quantitative estimate of drug-likeness (QED) is 0.254. The number of hydrogen-bond donors (Lipinski definition) is 1. The molecule has 9 heteroatoms. The molecule has 7 nitrogen and oxygen atoms in total. The molecule has 0 saturated carbocycles. The summed E-state index contributed by atoms with van der Waals surface area (Å²) in [5.74, 6) is -0.338. The third-order valence-electron chi connectivity index (χ3n) is 5.60. The van der Waals surface area contributed by atoms with Crippen molar-refractivity contribution in [1.29, 1.82) is 0 Å². The second-order valence-electron chi connectivity index (χ2n) is 7.55. The molecule has 33 heavy (non-hydrogen) atoms. The molecule has 2 aromatic carbocycles. The molecule has 0 spiro atoms. The maximum Gasteiger partial charge on any atom is 0.271 e. The minimum Gasteiger partial charge on any atom is -0.351 e. The van der Waals surface area contributed by atoms with Gasteiger partial charge in [-0.05, 0) is 66.8 Å². The van der Waals surface area contributed by atoms with Crippen LogP contribution in [0, 0.1) is 15.9 Å². The lowest BCUT2D eigenvalue weighted by Crippen LogP contribution is -2.30. The zero-order chi connectivity index (χ0) is 22.9. The number of halogens is 1. The van der Waals surface area contributed by atoms with Crippen molar-refractivity contribution in [2.75, 3.05) is 4.90 Å². The highest BCUT2D eigenvalue weighted by molar-refractivity contribution is 7.80. The molecule has 0 radical (unpaired) electrons. The number of aromatic nitrogens is 2. The van der Waals surface area contributed by atoms with Crippen molar-refractivity contribution in [2.24, 2.45) is 0 Å². The van der Waals surface area contributed by atoms with Gasteiger partial charge in [-0.15, -0.1) is 0 Å². The monoisotopic (exact) mass is 459 g/mol. The van der Waals surface area contributed by atoms with Gasteiger partial charge in [0.2, 0.25) is 0 Å². The van der Waals surface area contributed by atoms with Crippen molar-refractivity contribution in [1.82, 2.24) is 14.9 Å². The number of nitrogens with zero attached hydrogens (tertiary/aromatic N) is 4. The maximum atomic E-state index is 13.6. The van der Waals surface area contributed by atoms with Gasteiger partial charge in [-0.2, -0.15) is 0 Å². The fraction of sp³-hybridized carbons (Fsp3) is 0.0833. The fourth-order valence-electron chi connectivity index (χ4n) is 4.16. The molecule has 2 atom stereocenters. The number of hydrogen-bond acceptors (Lipinski definition) is 4. The second kappa shape index (κ2) is 8.44. The topological polar surface area (TPSA) is 76.2 Å². The van der Waals surface area contributed by atoms with Gasteiger partial charge in [0.1, 0.15) is 11.9 Å². The van der Waals surface area contributed by atoms with Crippen LogP contribution in [0.15, 0.2) is 91.3 Å². The average Bonchev–Trinajstić information content (AvgIpc) is 3.44. The SMILES string of the molecule is O=[N+]([O-])c1cccc(-n2cccc2[C@@H]2[C@@H](c3ccccn3)NC(=S)N2c2ccc(F)cc2)c1. The van der Waals surface area contributed by atoms with Crippen LogP contribution in [-0.4, -0.2) is 19.6 Å². The van der Waals surface area contributed by atoms with Gasteiger partial charge in [0.15, 0.2) is 5.11 Å². The van der Waals surface area contributed by atoms with Crippen LogP contribution in [0.2, 0.25) is 0 Å². The van der Waals surface area contributed by atoms with Crippen LogP contribution in [0.1, 0.15) is 23.5 Å². The lowest BCUT2D eigenvalue weighted by molar-refractivity contribution is -0.384. The van der Waals surface area contributed by atoms with Crippen LogP contribution in [0.4, 0.5) is 15.8 Å². The first-order valence-corrected chi connectivity index (χ1v) is 10.6.